The largest absolute Gasteiger partial charge is 0.319 e. The minimum Gasteiger partial charge on any atom is -0.319 e. The number of carbonyl (C=O) groups is 1. The lowest BCUT2D eigenvalue weighted by Crippen LogP contribution is -2.15. The van der Waals surface area contributed by atoms with Crippen LogP contribution in [0.25, 0.3) is 0 Å². The van der Waals surface area contributed by atoms with E-state index in [1.165, 1.54) is 0 Å². The highest BCUT2D eigenvalue weighted by Gasteiger charge is 2.29. The maximum absolute atomic E-state index is 12.4. The molecular formula is C15H15BrN4O. The van der Waals surface area contributed by atoms with Gasteiger partial charge in [-0.1, -0.05) is 6.92 Å². The van der Waals surface area contributed by atoms with Crippen LogP contribution in [0.3, 0.4) is 0 Å². The van der Waals surface area contributed by atoms with Gasteiger partial charge in [0.05, 0.1) is 29.3 Å². The Bertz CT molecular complexity index is 668. The van der Waals surface area contributed by atoms with Gasteiger partial charge in [-0.05, 0) is 34.8 Å². The van der Waals surface area contributed by atoms with Crippen LogP contribution in [0.1, 0.15) is 47.6 Å². The SMILES string of the molecule is CCc1ncc(NC(=O)c2cc(Br)cnc2C2CC2)cn1. The monoisotopic (exact) mass is 346 g/mol. The lowest BCUT2D eigenvalue weighted by atomic mass is 10.1. The molecule has 2 heterocycles. The van der Waals surface area contributed by atoms with E-state index in [9.17, 15) is 4.79 Å². The fourth-order valence-corrected chi connectivity index (χ4v) is 2.45. The van der Waals surface area contributed by atoms with Crippen molar-refractivity contribution in [1.29, 1.82) is 0 Å². The first-order chi connectivity index (χ1) is 10.2. The number of nitrogens with one attached hydrogen (secondary N) is 1. The lowest BCUT2D eigenvalue weighted by molar-refractivity contribution is 0.102. The van der Waals surface area contributed by atoms with Gasteiger partial charge in [0.2, 0.25) is 0 Å². The molecule has 6 heteroatoms. The van der Waals surface area contributed by atoms with Crippen molar-refractivity contribution in [2.45, 2.75) is 32.1 Å². The summed E-state index contributed by atoms with van der Waals surface area (Å²) in [4.78, 5) is 25.2. The Kier molecular flexibility index (Phi) is 3.96. The smallest absolute Gasteiger partial charge is 0.257 e. The second kappa shape index (κ2) is 5.89. The molecule has 2 aromatic heterocycles. The second-order valence-corrected chi connectivity index (χ2v) is 5.97. The van der Waals surface area contributed by atoms with Gasteiger partial charge in [0, 0.05) is 23.0 Å². The minimum absolute atomic E-state index is 0.168. The van der Waals surface area contributed by atoms with Gasteiger partial charge in [-0.15, -0.1) is 0 Å². The molecule has 1 N–H and O–H groups in total. The summed E-state index contributed by atoms with van der Waals surface area (Å²) in [7, 11) is 0. The van der Waals surface area contributed by atoms with Crippen LogP contribution >= 0.6 is 15.9 Å². The molecule has 0 unspecified atom stereocenters. The van der Waals surface area contributed by atoms with E-state index < -0.39 is 0 Å². The zero-order chi connectivity index (χ0) is 14.8. The van der Waals surface area contributed by atoms with Crippen molar-refractivity contribution in [2.75, 3.05) is 5.32 Å². The molecule has 0 aliphatic heterocycles. The first-order valence-corrected chi connectivity index (χ1v) is 7.74. The highest BCUT2D eigenvalue weighted by molar-refractivity contribution is 9.10. The van der Waals surface area contributed by atoms with Crippen molar-refractivity contribution >= 4 is 27.5 Å². The van der Waals surface area contributed by atoms with Crippen molar-refractivity contribution in [3.63, 3.8) is 0 Å². The molecule has 5 nitrogen and oxygen atoms in total. The summed E-state index contributed by atoms with van der Waals surface area (Å²) in [6, 6.07) is 1.82. The predicted octanol–water partition coefficient (Wildman–Crippen LogP) is 3.33. The van der Waals surface area contributed by atoms with E-state index in [-0.39, 0.29) is 5.91 Å². The van der Waals surface area contributed by atoms with E-state index in [0.717, 1.165) is 35.3 Å². The summed E-state index contributed by atoms with van der Waals surface area (Å²) in [6.07, 6.45) is 7.98. The number of halogens is 1. The van der Waals surface area contributed by atoms with Crippen LogP contribution in [0.5, 0.6) is 0 Å². The van der Waals surface area contributed by atoms with Crippen LogP contribution in [0.4, 0.5) is 5.69 Å². The number of amides is 1. The van der Waals surface area contributed by atoms with Gasteiger partial charge in [0.25, 0.3) is 5.91 Å². The van der Waals surface area contributed by atoms with Crippen LogP contribution in [-0.4, -0.2) is 20.9 Å². The Morgan fingerprint density at radius 2 is 2.00 bits per heavy atom. The Hall–Kier alpha value is -1.82. The highest BCUT2D eigenvalue weighted by Crippen LogP contribution is 2.41. The van der Waals surface area contributed by atoms with Gasteiger partial charge in [0.1, 0.15) is 5.82 Å². The van der Waals surface area contributed by atoms with E-state index in [1.54, 1.807) is 18.6 Å². The van der Waals surface area contributed by atoms with Crippen LogP contribution in [-0.2, 0) is 6.42 Å². The van der Waals surface area contributed by atoms with Gasteiger partial charge in [-0.25, -0.2) is 9.97 Å². The molecule has 108 valence electrons. The third kappa shape index (κ3) is 3.26. The van der Waals surface area contributed by atoms with Gasteiger partial charge in [0.15, 0.2) is 0 Å². The van der Waals surface area contributed by atoms with Crippen LogP contribution in [0.15, 0.2) is 29.1 Å². The number of aryl methyl sites for hydroxylation is 1. The number of hydrogen-bond acceptors (Lipinski definition) is 4. The van der Waals surface area contributed by atoms with Gasteiger partial charge in [-0.2, -0.15) is 0 Å². The molecule has 3 rings (SSSR count). The fourth-order valence-electron chi connectivity index (χ4n) is 2.11. The van der Waals surface area contributed by atoms with Gasteiger partial charge < -0.3 is 5.32 Å². The van der Waals surface area contributed by atoms with Gasteiger partial charge in [-0.3, -0.25) is 9.78 Å². The molecule has 0 bridgehead atoms. The van der Waals surface area contributed by atoms with E-state index in [1.807, 2.05) is 13.0 Å². The lowest BCUT2D eigenvalue weighted by Gasteiger charge is -2.09. The minimum atomic E-state index is -0.168. The first kappa shape index (κ1) is 14.1. The number of hydrogen-bond donors (Lipinski definition) is 1. The van der Waals surface area contributed by atoms with E-state index >= 15 is 0 Å². The van der Waals surface area contributed by atoms with Crippen molar-refractivity contribution in [3.05, 3.63) is 46.2 Å². The van der Waals surface area contributed by atoms with Crippen molar-refractivity contribution in [1.82, 2.24) is 15.0 Å². The second-order valence-electron chi connectivity index (χ2n) is 5.06. The Morgan fingerprint density at radius 1 is 1.29 bits per heavy atom. The van der Waals surface area contributed by atoms with Gasteiger partial charge >= 0.3 is 0 Å². The Balaban J connectivity index is 1.82. The third-order valence-corrected chi connectivity index (χ3v) is 3.81. The highest BCUT2D eigenvalue weighted by atomic mass is 79.9. The standard InChI is InChI=1S/C15H15BrN4O/c1-2-13-17-7-11(8-18-13)20-15(21)12-5-10(16)6-19-14(12)9-3-4-9/h5-9H,2-4H2,1H3,(H,20,21). The zero-order valence-corrected chi connectivity index (χ0v) is 13.2. The molecular weight excluding hydrogens is 332 g/mol. The maximum atomic E-state index is 12.4. The summed E-state index contributed by atoms with van der Waals surface area (Å²) in [5.74, 6) is 1.01. The van der Waals surface area contributed by atoms with Crippen LogP contribution in [0, 0.1) is 0 Å². The third-order valence-electron chi connectivity index (χ3n) is 3.37. The normalized spacial score (nSPS) is 14.0. The number of nitrogens with zero attached hydrogens (tertiary/aromatic N) is 3. The summed E-state index contributed by atoms with van der Waals surface area (Å²) in [5, 5.41) is 2.84. The molecule has 1 aliphatic rings. The Morgan fingerprint density at radius 3 is 2.62 bits per heavy atom. The average molecular weight is 347 g/mol. The molecule has 21 heavy (non-hydrogen) atoms. The topological polar surface area (TPSA) is 67.8 Å². The summed E-state index contributed by atoms with van der Waals surface area (Å²) in [6.45, 7) is 1.99. The quantitative estimate of drug-likeness (QED) is 0.921. The average Bonchev–Trinajstić information content (AvgIpc) is 3.32. The summed E-state index contributed by atoms with van der Waals surface area (Å²) < 4.78 is 0.801. The molecule has 1 aliphatic carbocycles. The number of pyridine rings is 1. The predicted molar refractivity (Wildman–Crippen MR) is 83.3 cm³/mol. The van der Waals surface area contributed by atoms with Crippen molar-refractivity contribution in [3.8, 4) is 0 Å². The van der Waals surface area contributed by atoms with Crippen molar-refractivity contribution < 1.29 is 4.79 Å². The summed E-state index contributed by atoms with van der Waals surface area (Å²) >= 11 is 3.37. The first-order valence-electron chi connectivity index (χ1n) is 6.95. The molecule has 2 aromatic rings. The number of carbonyl (C=O) groups excluding carboxylic acids is 1. The molecule has 1 saturated carbocycles. The van der Waals surface area contributed by atoms with E-state index in [4.69, 9.17) is 0 Å². The molecule has 0 saturated heterocycles. The molecule has 0 atom stereocenters. The number of aromatic nitrogens is 3. The molecule has 0 aromatic carbocycles. The molecule has 1 amide bonds. The van der Waals surface area contributed by atoms with E-state index in [0.29, 0.717) is 17.2 Å². The summed E-state index contributed by atoms with van der Waals surface area (Å²) in [5.41, 5.74) is 2.09. The van der Waals surface area contributed by atoms with Crippen molar-refractivity contribution in [2.24, 2.45) is 0 Å². The Labute approximate surface area is 131 Å². The number of anilines is 1. The van der Waals surface area contributed by atoms with Crippen LogP contribution in [0.2, 0.25) is 0 Å². The molecule has 1 fully saturated rings. The fraction of sp³-hybridized carbons (Fsp3) is 0.333. The zero-order valence-electron chi connectivity index (χ0n) is 11.6. The van der Waals surface area contributed by atoms with Crippen LogP contribution < -0.4 is 5.32 Å². The number of rotatable bonds is 4. The van der Waals surface area contributed by atoms with E-state index in [2.05, 4.69) is 36.2 Å². The maximum Gasteiger partial charge on any atom is 0.257 e. The molecule has 0 spiro atoms. The molecule has 0 radical (unpaired) electrons.